The average molecular weight is 576 g/mol. The van der Waals surface area contributed by atoms with Gasteiger partial charge < -0.3 is 0 Å². The highest BCUT2D eigenvalue weighted by Crippen LogP contribution is 2.52. The van der Waals surface area contributed by atoms with Gasteiger partial charge in [0.05, 0.1) is 11.0 Å². The van der Waals surface area contributed by atoms with Gasteiger partial charge in [-0.2, -0.15) is 0 Å². The summed E-state index contributed by atoms with van der Waals surface area (Å²) in [6.45, 7) is 4.69. The van der Waals surface area contributed by atoms with Crippen LogP contribution in [0.5, 0.6) is 0 Å². The van der Waals surface area contributed by atoms with Gasteiger partial charge in [-0.3, -0.25) is 8.97 Å². The topological polar surface area (TPSA) is 22.2 Å². The first-order chi connectivity index (χ1) is 22.1. The Kier molecular flexibility index (Phi) is 4.79. The lowest BCUT2D eigenvalue weighted by Crippen LogP contribution is -2.14. The second-order valence-electron chi connectivity index (χ2n) is 12.8. The Hall–Kier alpha value is -5.67. The van der Waals surface area contributed by atoms with Gasteiger partial charge in [0.25, 0.3) is 0 Å². The Labute approximate surface area is 260 Å². The maximum Gasteiger partial charge on any atom is 0.151 e. The van der Waals surface area contributed by atoms with Crippen molar-refractivity contribution in [2.75, 3.05) is 0 Å². The zero-order valence-corrected chi connectivity index (χ0v) is 25.1. The molecule has 0 amide bonds. The maximum atomic E-state index is 5.35. The Morgan fingerprint density at radius 1 is 0.511 bits per heavy atom. The van der Waals surface area contributed by atoms with E-state index >= 15 is 0 Å². The molecule has 0 spiro atoms. The lowest BCUT2D eigenvalue weighted by Gasteiger charge is -2.21. The van der Waals surface area contributed by atoms with Crippen molar-refractivity contribution < 1.29 is 0 Å². The second kappa shape index (κ2) is 8.71. The molecule has 6 aromatic carbocycles. The zero-order chi connectivity index (χ0) is 29.9. The van der Waals surface area contributed by atoms with Gasteiger partial charge in [-0.05, 0) is 63.0 Å². The van der Waals surface area contributed by atoms with Crippen LogP contribution in [0.3, 0.4) is 0 Å². The number of nitrogens with zero attached hydrogens (tertiary/aromatic N) is 3. The van der Waals surface area contributed by atoms with Crippen LogP contribution in [0.1, 0.15) is 25.0 Å². The molecule has 1 aliphatic rings. The van der Waals surface area contributed by atoms with Crippen molar-refractivity contribution in [1.29, 1.82) is 0 Å². The summed E-state index contributed by atoms with van der Waals surface area (Å²) in [6, 6.07) is 50.8. The summed E-state index contributed by atoms with van der Waals surface area (Å²) in [5.41, 5.74) is 14.6. The number of hydrogen-bond acceptors (Lipinski definition) is 1. The first-order valence-corrected chi connectivity index (χ1v) is 15.7. The number of rotatable bonds is 2. The molecule has 0 fully saturated rings. The van der Waals surface area contributed by atoms with Crippen LogP contribution in [0.2, 0.25) is 0 Å². The van der Waals surface area contributed by atoms with Crippen molar-refractivity contribution in [2.45, 2.75) is 19.3 Å². The normalized spacial score (nSPS) is 13.7. The van der Waals surface area contributed by atoms with E-state index in [2.05, 4.69) is 162 Å². The number of benzene rings is 6. The highest BCUT2D eigenvalue weighted by molar-refractivity contribution is 6.16. The van der Waals surface area contributed by atoms with Crippen LogP contribution in [0, 0.1) is 0 Å². The van der Waals surface area contributed by atoms with E-state index in [0.717, 1.165) is 38.9 Å². The summed E-state index contributed by atoms with van der Waals surface area (Å²) in [5.74, 6) is 0. The highest BCUT2D eigenvalue weighted by Gasteiger charge is 2.36. The molecule has 3 heterocycles. The van der Waals surface area contributed by atoms with Crippen molar-refractivity contribution in [1.82, 2.24) is 14.0 Å². The summed E-state index contributed by atoms with van der Waals surface area (Å²) in [5, 5.41) is 4.79. The summed E-state index contributed by atoms with van der Waals surface area (Å²) < 4.78 is 4.76. The fourth-order valence-electron chi connectivity index (χ4n) is 8.05. The third-order valence-electron chi connectivity index (χ3n) is 10.1. The molecule has 0 bridgehead atoms. The van der Waals surface area contributed by atoms with Crippen LogP contribution in [0.15, 0.2) is 140 Å². The molecule has 45 heavy (non-hydrogen) atoms. The minimum Gasteiger partial charge on any atom is -0.294 e. The van der Waals surface area contributed by atoms with Crippen molar-refractivity contribution in [3.8, 4) is 27.9 Å². The molecule has 0 N–H and O–H groups in total. The van der Waals surface area contributed by atoms with Gasteiger partial charge in [0, 0.05) is 27.3 Å². The summed E-state index contributed by atoms with van der Waals surface area (Å²) in [6.07, 6.45) is 0. The lowest BCUT2D eigenvalue weighted by atomic mass is 9.82. The van der Waals surface area contributed by atoms with Gasteiger partial charge in [0.2, 0.25) is 0 Å². The fourth-order valence-corrected chi connectivity index (χ4v) is 8.05. The Morgan fingerprint density at radius 2 is 1.13 bits per heavy atom. The SMILES string of the molecule is CC1(C)c2ccccc2-c2c(-c3ccc(-n4c5ccccc5c5nc6c7ccccc7c7ccccc7n6c54)cc3)cccc21. The largest absolute Gasteiger partial charge is 0.294 e. The summed E-state index contributed by atoms with van der Waals surface area (Å²) >= 11 is 0. The fraction of sp³-hybridized carbons (Fsp3) is 0.0714. The Morgan fingerprint density at radius 3 is 1.96 bits per heavy atom. The molecular formula is C42H29N3. The molecule has 10 rings (SSSR count). The van der Waals surface area contributed by atoms with Gasteiger partial charge in [-0.15, -0.1) is 0 Å². The van der Waals surface area contributed by atoms with E-state index in [1.165, 1.54) is 49.5 Å². The van der Waals surface area contributed by atoms with Gasteiger partial charge in [-0.25, -0.2) is 4.98 Å². The van der Waals surface area contributed by atoms with E-state index in [4.69, 9.17) is 4.98 Å². The monoisotopic (exact) mass is 575 g/mol. The lowest BCUT2D eigenvalue weighted by molar-refractivity contribution is 0.660. The molecule has 0 unspecified atom stereocenters. The number of fused-ring (bicyclic) bond motifs is 13. The molecule has 3 aromatic heterocycles. The second-order valence-corrected chi connectivity index (χ2v) is 12.8. The molecule has 3 nitrogen and oxygen atoms in total. The third kappa shape index (κ3) is 3.17. The maximum absolute atomic E-state index is 5.35. The molecule has 0 saturated carbocycles. The predicted octanol–water partition coefficient (Wildman–Crippen LogP) is 10.7. The minimum absolute atomic E-state index is 0.0203. The Balaban J connectivity index is 1.24. The van der Waals surface area contributed by atoms with Crippen LogP contribution in [0.25, 0.3) is 77.3 Å². The van der Waals surface area contributed by atoms with Crippen molar-refractivity contribution in [3.05, 3.63) is 151 Å². The molecule has 0 radical (unpaired) electrons. The minimum atomic E-state index is -0.0203. The Bertz CT molecular complexity index is 2670. The summed E-state index contributed by atoms with van der Waals surface area (Å²) in [4.78, 5) is 5.35. The third-order valence-corrected chi connectivity index (χ3v) is 10.1. The van der Waals surface area contributed by atoms with Crippen LogP contribution in [-0.4, -0.2) is 14.0 Å². The van der Waals surface area contributed by atoms with Gasteiger partial charge >= 0.3 is 0 Å². The molecule has 1 aliphatic carbocycles. The predicted molar refractivity (Wildman–Crippen MR) is 188 cm³/mol. The highest BCUT2D eigenvalue weighted by atomic mass is 15.2. The number of pyridine rings is 1. The van der Waals surface area contributed by atoms with Crippen LogP contribution in [-0.2, 0) is 5.41 Å². The van der Waals surface area contributed by atoms with E-state index in [-0.39, 0.29) is 5.41 Å². The first kappa shape index (κ1) is 24.7. The molecule has 212 valence electrons. The zero-order valence-electron chi connectivity index (χ0n) is 25.1. The van der Waals surface area contributed by atoms with Crippen LogP contribution in [0.4, 0.5) is 0 Å². The molecular weight excluding hydrogens is 546 g/mol. The van der Waals surface area contributed by atoms with Crippen LogP contribution < -0.4 is 0 Å². The standard InChI is InChI=1S/C42H29N3/c1-42(2)34-18-8-5-15-32(34)38-28(17-11-19-35(38)42)26-22-24-27(25-23-26)44-37-21-10-7-16-33(37)39-41(44)45-36-20-9-6-13-30(36)29-12-3-4-14-31(29)40(45)43-39/h3-25H,1-2H3. The van der Waals surface area contributed by atoms with Crippen molar-refractivity contribution in [3.63, 3.8) is 0 Å². The van der Waals surface area contributed by atoms with E-state index in [9.17, 15) is 0 Å². The van der Waals surface area contributed by atoms with E-state index in [1.54, 1.807) is 0 Å². The van der Waals surface area contributed by atoms with E-state index < -0.39 is 0 Å². The number of imidazole rings is 1. The van der Waals surface area contributed by atoms with E-state index in [0.29, 0.717) is 0 Å². The average Bonchev–Trinajstić information content (AvgIpc) is 3.71. The molecule has 0 atom stereocenters. The quantitative estimate of drug-likeness (QED) is 0.188. The summed E-state index contributed by atoms with van der Waals surface area (Å²) in [7, 11) is 0. The smallest absolute Gasteiger partial charge is 0.151 e. The van der Waals surface area contributed by atoms with Crippen molar-refractivity contribution in [2.24, 2.45) is 0 Å². The van der Waals surface area contributed by atoms with Gasteiger partial charge in [-0.1, -0.05) is 129 Å². The molecule has 9 aromatic rings. The van der Waals surface area contributed by atoms with Gasteiger partial charge in [0.1, 0.15) is 11.2 Å². The van der Waals surface area contributed by atoms with E-state index in [1.807, 2.05) is 0 Å². The molecule has 0 saturated heterocycles. The first-order valence-electron chi connectivity index (χ1n) is 15.7. The van der Waals surface area contributed by atoms with Gasteiger partial charge in [0.15, 0.2) is 5.65 Å². The molecule has 3 heteroatoms. The van der Waals surface area contributed by atoms with Crippen molar-refractivity contribution >= 4 is 49.4 Å². The molecule has 0 aliphatic heterocycles. The number of aromatic nitrogens is 3. The number of para-hydroxylation sites is 2. The number of hydrogen-bond donors (Lipinski definition) is 0. The van der Waals surface area contributed by atoms with Crippen LogP contribution >= 0.6 is 0 Å².